The third-order valence-electron chi connectivity index (χ3n) is 4.88. The summed E-state index contributed by atoms with van der Waals surface area (Å²) in [5.74, 6) is 1.16. The molecule has 0 amide bonds. The third kappa shape index (κ3) is 3.97. The Morgan fingerprint density at radius 3 is 2.00 bits per heavy atom. The van der Waals surface area contributed by atoms with E-state index >= 15 is 0 Å². The van der Waals surface area contributed by atoms with Crippen LogP contribution in [0.5, 0.6) is 11.5 Å². The van der Waals surface area contributed by atoms with Gasteiger partial charge in [0.2, 0.25) is 10.0 Å². The van der Waals surface area contributed by atoms with Gasteiger partial charge in [-0.3, -0.25) is 0 Å². The number of imidazole rings is 1. The van der Waals surface area contributed by atoms with Crippen molar-refractivity contribution in [2.45, 2.75) is 16.8 Å². The van der Waals surface area contributed by atoms with Crippen LogP contribution in [-0.4, -0.2) is 75.4 Å². The van der Waals surface area contributed by atoms with E-state index in [2.05, 4.69) is 4.98 Å². The van der Waals surface area contributed by atoms with Crippen molar-refractivity contribution in [1.82, 2.24) is 18.2 Å². The van der Waals surface area contributed by atoms with Crippen LogP contribution in [0.25, 0.3) is 0 Å². The highest BCUT2D eigenvalue weighted by Crippen LogP contribution is 2.31. The maximum absolute atomic E-state index is 13.1. The van der Waals surface area contributed by atoms with Crippen LogP contribution in [0.2, 0.25) is 0 Å². The van der Waals surface area contributed by atoms with Crippen molar-refractivity contribution in [2.75, 3.05) is 40.4 Å². The van der Waals surface area contributed by atoms with Gasteiger partial charge in [0.15, 0.2) is 5.03 Å². The molecule has 1 fully saturated rings. The monoisotopic (exact) mass is 444 g/mol. The van der Waals surface area contributed by atoms with Crippen molar-refractivity contribution < 1.29 is 26.3 Å². The number of rotatable bonds is 6. The van der Waals surface area contributed by atoms with E-state index in [0.29, 0.717) is 11.6 Å². The molecule has 0 spiro atoms. The normalized spacial score (nSPS) is 16.7. The van der Waals surface area contributed by atoms with Crippen LogP contribution in [0.3, 0.4) is 0 Å². The predicted molar refractivity (Wildman–Crippen MR) is 105 cm³/mol. The first-order chi connectivity index (χ1) is 13.6. The van der Waals surface area contributed by atoms with Gasteiger partial charge in [-0.25, -0.2) is 21.8 Å². The summed E-state index contributed by atoms with van der Waals surface area (Å²) in [5, 5.41) is -0.0386. The highest BCUT2D eigenvalue weighted by molar-refractivity contribution is 7.89. The zero-order valence-corrected chi connectivity index (χ0v) is 18.3. The molecule has 0 saturated carbocycles. The molecule has 1 saturated heterocycles. The quantitative estimate of drug-likeness (QED) is 0.636. The van der Waals surface area contributed by atoms with Gasteiger partial charge in [-0.15, -0.1) is 0 Å². The molecule has 1 aliphatic heterocycles. The van der Waals surface area contributed by atoms with E-state index < -0.39 is 20.0 Å². The predicted octanol–water partition coefficient (Wildman–Crippen LogP) is 0.441. The van der Waals surface area contributed by atoms with E-state index in [1.54, 1.807) is 24.6 Å². The highest BCUT2D eigenvalue weighted by Gasteiger charge is 2.36. The van der Waals surface area contributed by atoms with Crippen LogP contribution in [0, 0.1) is 6.92 Å². The maximum atomic E-state index is 13.1. The summed E-state index contributed by atoms with van der Waals surface area (Å²) in [6.45, 7) is 1.82. The number of methoxy groups -OCH3 is 2. The molecule has 0 atom stereocenters. The Labute approximate surface area is 170 Å². The number of hydrogen-bond acceptors (Lipinski definition) is 7. The Kier molecular flexibility index (Phi) is 5.90. The molecule has 0 aliphatic carbocycles. The zero-order valence-electron chi connectivity index (χ0n) is 16.7. The van der Waals surface area contributed by atoms with Gasteiger partial charge in [0.05, 0.1) is 14.2 Å². The first-order valence-electron chi connectivity index (χ1n) is 8.83. The van der Waals surface area contributed by atoms with Crippen molar-refractivity contribution in [3.63, 3.8) is 0 Å². The molecule has 0 radical (unpaired) electrons. The van der Waals surface area contributed by atoms with Gasteiger partial charge in [0.25, 0.3) is 10.0 Å². The molecule has 1 aromatic heterocycles. The third-order valence-corrected chi connectivity index (χ3v) is 8.57. The zero-order chi connectivity index (χ0) is 21.4. The van der Waals surface area contributed by atoms with E-state index in [0.717, 1.165) is 0 Å². The molecule has 0 unspecified atom stereocenters. The Balaban J connectivity index is 1.81. The first-order valence-corrected chi connectivity index (χ1v) is 11.7. The molecular formula is C17H24N4O6S2. The van der Waals surface area contributed by atoms with Gasteiger partial charge in [0, 0.05) is 45.5 Å². The Morgan fingerprint density at radius 1 is 0.931 bits per heavy atom. The molecule has 1 aliphatic rings. The lowest BCUT2D eigenvalue weighted by atomic mass is 10.3. The number of ether oxygens (including phenoxy) is 2. The van der Waals surface area contributed by atoms with Gasteiger partial charge in [-0.2, -0.15) is 8.61 Å². The van der Waals surface area contributed by atoms with E-state index in [1.165, 1.54) is 41.2 Å². The second-order valence-electron chi connectivity index (χ2n) is 6.56. The summed E-state index contributed by atoms with van der Waals surface area (Å²) in [5.41, 5.74) is 0. The minimum Gasteiger partial charge on any atom is -0.497 e. The topological polar surface area (TPSA) is 111 Å². The smallest absolute Gasteiger partial charge is 0.262 e. The standard InChI is InChI=1S/C17H24N4O6S2/c1-13-18-17(12-19(13)2)29(24,25)21-9-7-20(8-10-21)28(22,23)16-11-14(26-3)5-6-15(16)27-4/h5-6,11-12H,7-10H2,1-4H3. The minimum atomic E-state index is -3.89. The van der Waals surface area contributed by atoms with Crippen LogP contribution in [-0.2, 0) is 27.1 Å². The molecule has 160 valence electrons. The largest absolute Gasteiger partial charge is 0.497 e. The van der Waals surface area contributed by atoms with Crippen LogP contribution in [0.4, 0.5) is 0 Å². The molecule has 2 heterocycles. The number of sulfonamides is 2. The van der Waals surface area contributed by atoms with Crippen molar-refractivity contribution in [3.05, 3.63) is 30.2 Å². The van der Waals surface area contributed by atoms with Gasteiger partial charge < -0.3 is 14.0 Å². The fraction of sp³-hybridized carbons (Fsp3) is 0.471. The second kappa shape index (κ2) is 7.94. The number of benzene rings is 1. The average molecular weight is 445 g/mol. The van der Waals surface area contributed by atoms with Crippen LogP contribution < -0.4 is 9.47 Å². The van der Waals surface area contributed by atoms with Crippen LogP contribution in [0.1, 0.15) is 5.82 Å². The SMILES string of the molecule is COc1ccc(OC)c(S(=O)(=O)N2CCN(S(=O)(=O)c3cn(C)c(C)n3)CC2)c1. The fourth-order valence-corrected chi connectivity index (χ4v) is 6.10. The molecule has 1 aromatic carbocycles. The molecule has 0 N–H and O–H groups in total. The number of nitrogens with zero attached hydrogens (tertiary/aromatic N) is 4. The van der Waals surface area contributed by atoms with E-state index in [-0.39, 0.29) is 41.8 Å². The molecule has 12 heteroatoms. The summed E-state index contributed by atoms with van der Waals surface area (Å²) >= 11 is 0. The van der Waals surface area contributed by atoms with Crippen LogP contribution >= 0.6 is 0 Å². The summed E-state index contributed by atoms with van der Waals surface area (Å²) in [7, 11) is -3.12. The van der Waals surface area contributed by atoms with Crippen molar-refractivity contribution in [2.24, 2.45) is 7.05 Å². The van der Waals surface area contributed by atoms with Crippen molar-refractivity contribution >= 4 is 20.0 Å². The van der Waals surface area contributed by atoms with E-state index in [1.807, 2.05) is 0 Å². The fourth-order valence-electron chi connectivity index (χ4n) is 3.06. The summed E-state index contributed by atoms with van der Waals surface area (Å²) < 4.78 is 66.3. The molecule has 29 heavy (non-hydrogen) atoms. The number of hydrogen-bond donors (Lipinski definition) is 0. The molecule has 2 aromatic rings. The van der Waals surface area contributed by atoms with Crippen molar-refractivity contribution in [3.8, 4) is 11.5 Å². The lowest BCUT2D eigenvalue weighted by molar-refractivity contribution is 0.271. The Bertz CT molecular complexity index is 1080. The molecule has 0 bridgehead atoms. The first kappa shape index (κ1) is 21.6. The van der Waals surface area contributed by atoms with E-state index in [4.69, 9.17) is 9.47 Å². The summed E-state index contributed by atoms with van der Waals surface area (Å²) in [6.07, 6.45) is 1.45. The second-order valence-corrected chi connectivity index (χ2v) is 10.4. The molecule has 10 nitrogen and oxygen atoms in total. The molecular weight excluding hydrogens is 420 g/mol. The summed E-state index contributed by atoms with van der Waals surface area (Å²) in [4.78, 5) is 4.07. The van der Waals surface area contributed by atoms with Gasteiger partial charge in [-0.05, 0) is 19.1 Å². The van der Waals surface area contributed by atoms with E-state index in [9.17, 15) is 16.8 Å². The number of aryl methyl sites for hydroxylation is 2. The van der Waals surface area contributed by atoms with Crippen LogP contribution in [0.15, 0.2) is 34.3 Å². The average Bonchev–Trinajstić information content (AvgIpc) is 3.06. The van der Waals surface area contributed by atoms with Gasteiger partial charge in [0.1, 0.15) is 22.2 Å². The molecule has 3 rings (SSSR count). The minimum absolute atomic E-state index is 0.0176. The summed E-state index contributed by atoms with van der Waals surface area (Å²) in [6, 6.07) is 4.53. The number of aromatic nitrogens is 2. The van der Waals surface area contributed by atoms with Gasteiger partial charge >= 0.3 is 0 Å². The lowest BCUT2D eigenvalue weighted by Crippen LogP contribution is -2.50. The highest BCUT2D eigenvalue weighted by atomic mass is 32.2. The maximum Gasteiger partial charge on any atom is 0.262 e. The Hall–Kier alpha value is -2.15. The Morgan fingerprint density at radius 2 is 1.52 bits per heavy atom. The lowest BCUT2D eigenvalue weighted by Gasteiger charge is -2.33. The number of piperazine rings is 1. The van der Waals surface area contributed by atoms with Gasteiger partial charge in [-0.1, -0.05) is 0 Å². The van der Waals surface area contributed by atoms with Crippen molar-refractivity contribution in [1.29, 1.82) is 0 Å².